The van der Waals surface area contributed by atoms with Gasteiger partial charge in [-0.1, -0.05) is 56.3 Å². The minimum absolute atomic E-state index is 0.436. The largest absolute Gasteiger partial charge is 0.497 e. The number of hydrogen-bond donors (Lipinski definition) is 0. The summed E-state index contributed by atoms with van der Waals surface area (Å²) in [7, 11) is 3.40. The third kappa shape index (κ3) is 3.69. The predicted octanol–water partition coefficient (Wildman–Crippen LogP) is 6.16. The first-order chi connectivity index (χ1) is 12.1. The molecular weight excluding hydrogens is 308 g/mol. The first-order valence-corrected chi connectivity index (χ1v) is 8.55. The Labute approximate surface area is 150 Å². The van der Waals surface area contributed by atoms with E-state index in [9.17, 15) is 0 Å². The molecule has 0 fully saturated rings. The van der Waals surface area contributed by atoms with Gasteiger partial charge in [-0.15, -0.1) is 0 Å². The highest BCUT2D eigenvalue weighted by molar-refractivity contribution is 5.73. The lowest BCUT2D eigenvalue weighted by Crippen LogP contribution is -1.94. The van der Waals surface area contributed by atoms with E-state index in [1.54, 1.807) is 14.2 Å². The minimum atomic E-state index is 0.436. The normalized spacial score (nSPS) is 10.8. The van der Waals surface area contributed by atoms with E-state index in [4.69, 9.17) is 9.47 Å². The van der Waals surface area contributed by atoms with Crippen molar-refractivity contribution in [3.8, 4) is 33.8 Å². The number of rotatable bonds is 5. The molecule has 3 aromatic rings. The fourth-order valence-corrected chi connectivity index (χ4v) is 3.03. The van der Waals surface area contributed by atoms with Gasteiger partial charge in [0, 0.05) is 0 Å². The third-order valence-electron chi connectivity index (χ3n) is 4.50. The lowest BCUT2D eigenvalue weighted by molar-refractivity contribution is 0.414. The van der Waals surface area contributed by atoms with Crippen molar-refractivity contribution in [2.75, 3.05) is 14.2 Å². The molecular formula is C23H24O2. The summed E-state index contributed by atoms with van der Waals surface area (Å²) >= 11 is 0. The quantitative estimate of drug-likeness (QED) is 0.557. The number of benzene rings is 3. The summed E-state index contributed by atoms with van der Waals surface area (Å²) in [6, 6.07) is 23.2. The minimum Gasteiger partial charge on any atom is -0.497 e. The van der Waals surface area contributed by atoms with Crippen molar-refractivity contribution >= 4 is 0 Å². The molecule has 2 nitrogen and oxygen atoms in total. The van der Waals surface area contributed by atoms with Crippen LogP contribution in [0.25, 0.3) is 22.3 Å². The van der Waals surface area contributed by atoms with Gasteiger partial charge in [0.15, 0.2) is 0 Å². The first kappa shape index (κ1) is 17.1. The molecule has 0 heterocycles. The lowest BCUT2D eigenvalue weighted by atomic mass is 9.91. The highest BCUT2D eigenvalue weighted by Gasteiger charge is 2.10. The van der Waals surface area contributed by atoms with Crippen molar-refractivity contribution in [1.82, 2.24) is 0 Å². The molecule has 0 N–H and O–H groups in total. The highest BCUT2D eigenvalue weighted by atomic mass is 16.5. The topological polar surface area (TPSA) is 18.5 Å². The Kier molecular flexibility index (Phi) is 5.08. The summed E-state index contributed by atoms with van der Waals surface area (Å²) in [5, 5.41) is 0. The van der Waals surface area contributed by atoms with Crippen molar-refractivity contribution in [3.63, 3.8) is 0 Å². The SMILES string of the molecule is COc1ccc(-c2ccc(-c3ccc(OC)cc3C(C)C)cc2)cc1. The van der Waals surface area contributed by atoms with Gasteiger partial charge in [-0.2, -0.15) is 0 Å². The van der Waals surface area contributed by atoms with Crippen LogP contribution in [0.15, 0.2) is 66.7 Å². The molecule has 0 saturated heterocycles. The summed E-state index contributed by atoms with van der Waals surface area (Å²) in [4.78, 5) is 0. The van der Waals surface area contributed by atoms with Crippen molar-refractivity contribution in [3.05, 3.63) is 72.3 Å². The maximum atomic E-state index is 5.38. The first-order valence-electron chi connectivity index (χ1n) is 8.55. The monoisotopic (exact) mass is 332 g/mol. The van der Waals surface area contributed by atoms with Crippen LogP contribution in [-0.4, -0.2) is 14.2 Å². The zero-order chi connectivity index (χ0) is 17.8. The molecule has 2 heteroatoms. The fourth-order valence-electron chi connectivity index (χ4n) is 3.03. The van der Waals surface area contributed by atoms with Crippen LogP contribution in [0.2, 0.25) is 0 Å². The molecule has 0 aliphatic carbocycles. The number of hydrogen-bond acceptors (Lipinski definition) is 2. The zero-order valence-electron chi connectivity index (χ0n) is 15.2. The van der Waals surface area contributed by atoms with Gasteiger partial charge in [0.25, 0.3) is 0 Å². The molecule has 0 atom stereocenters. The Morgan fingerprint density at radius 3 is 1.60 bits per heavy atom. The van der Waals surface area contributed by atoms with Crippen LogP contribution in [0.3, 0.4) is 0 Å². The summed E-state index contributed by atoms with van der Waals surface area (Å²) < 4.78 is 10.6. The van der Waals surface area contributed by atoms with Crippen LogP contribution >= 0.6 is 0 Å². The summed E-state index contributed by atoms with van der Waals surface area (Å²) in [6.45, 7) is 4.42. The van der Waals surface area contributed by atoms with Gasteiger partial charge in [0.1, 0.15) is 11.5 Å². The van der Waals surface area contributed by atoms with Crippen molar-refractivity contribution in [2.24, 2.45) is 0 Å². The molecule has 3 aromatic carbocycles. The van der Waals surface area contributed by atoms with Crippen LogP contribution in [0.4, 0.5) is 0 Å². The van der Waals surface area contributed by atoms with Crippen LogP contribution in [-0.2, 0) is 0 Å². The van der Waals surface area contributed by atoms with E-state index in [0.29, 0.717) is 5.92 Å². The molecule has 0 radical (unpaired) electrons. The van der Waals surface area contributed by atoms with Gasteiger partial charge in [-0.05, 0) is 58.0 Å². The average Bonchev–Trinajstić information content (AvgIpc) is 2.67. The summed E-state index contributed by atoms with van der Waals surface area (Å²) in [5.41, 5.74) is 6.18. The number of methoxy groups -OCH3 is 2. The molecule has 128 valence electrons. The standard InChI is InChI=1S/C23H24O2/c1-16(2)23-15-21(25-4)13-14-22(23)19-7-5-17(6-8-19)18-9-11-20(24-3)12-10-18/h5-16H,1-4H3. The smallest absolute Gasteiger partial charge is 0.119 e. The van der Waals surface area contributed by atoms with E-state index < -0.39 is 0 Å². The molecule has 3 rings (SSSR count). The van der Waals surface area contributed by atoms with Crippen LogP contribution in [0.5, 0.6) is 11.5 Å². The van der Waals surface area contributed by atoms with E-state index in [1.807, 2.05) is 18.2 Å². The van der Waals surface area contributed by atoms with Gasteiger partial charge in [0.05, 0.1) is 14.2 Å². The molecule has 0 saturated carbocycles. The van der Waals surface area contributed by atoms with Gasteiger partial charge in [0.2, 0.25) is 0 Å². The van der Waals surface area contributed by atoms with Gasteiger partial charge >= 0.3 is 0 Å². The van der Waals surface area contributed by atoms with E-state index in [-0.39, 0.29) is 0 Å². The predicted molar refractivity (Wildman–Crippen MR) is 105 cm³/mol. The van der Waals surface area contributed by atoms with E-state index in [1.165, 1.54) is 27.8 Å². The molecule has 0 amide bonds. The van der Waals surface area contributed by atoms with Crippen LogP contribution < -0.4 is 9.47 Å². The second-order valence-corrected chi connectivity index (χ2v) is 6.41. The van der Waals surface area contributed by atoms with Gasteiger partial charge in [-0.3, -0.25) is 0 Å². The third-order valence-corrected chi connectivity index (χ3v) is 4.50. The Morgan fingerprint density at radius 2 is 1.08 bits per heavy atom. The second kappa shape index (κ2) is 7.43. The maximum absolute atomic E-state index is 5.38. The molecule has 0 unspecified atom stereocenters. The number of ether oxygens (including phenoxy) is 2. The van der Waals surface area contributed by atoms with E-state index in [0.717, 1.165) is 11.5 Å². The van der Waals surface area contributed by atoms with E-state index in [2.05, 4.69) is 62.4 Å². The Hall–Kier alpha value is -2.74. The Balaban J connectivity index is 1.94. The average molecular weight is 332 g/mol. The van der Waals surface area contributed by atoms with Gasteiger partial charge in [-0.25, -0.2) is 0 Å². The van der Waals surface area contributed by atoms with Crippen molar-refractivity contribution in [2.45, 2.75) is 19.8 Å². The molecule has 0 aromatic heterocycles. The zero-order valence-corrected chi connectivity index (χ0v) is 15.2. The maximum Gasteiger partial charge on any atom is 0.119 e. The van der Waals surface area contributed by atoms with Crippen LogP contribution in [0.1, 0.15) is 25.3 Å². The Bertz CT molecular complexity index is 831. The molecule has 0 bridgehead atoms. The fraction of sp³-hybridized carbons (Fsp3) is 0.217. The highest BCUT2D eigenvalue weighted by Crippen LogP contribution is 2.33. The molecule has 0 aliphatic heterocycles. The molecule has 0 aliphatic rings. The van der Waals surface area contributed by atoms with Gasteiger partial charge < -0.3 is 9.47 Å². The Morgan fingerprint density at radius 1 is 0.600 bits per heavy atom. The summed E-state index contributed by atoms with van der Waals surface area (Å²) in [6.07, 6.45) is 0. The van der Waals surface area contributed by atoms with Crippen LogP contribution in [0, 0.1) is 0 Å². The summed E-state index contributed by atoms with van der Waals surface area (Å²) in [5.74, 6) is 2.22. The molecule has 0 spiro atoms. The van der Waals surface area contributed by atoms with Crippen molar-refractivity contribution in [1.29, 1.82) is 0 Å². The molecule has 25 heavy (non-hydrogen) atoms. The van der Waals surface area contributed by atoms with E-state index >= 15 is 0 Å². The second-order valence-electron chi connectivity index (χ2n) is 6.41. The lowest BCUT2D eigenvalue weighted by Gasteiger charge is -2.15. The van der Waals surface area contributed by atoms with Crippen molar-refractivity contribution < 1.29 is 9.47 Å².